The lowest BCUT2D eigenvalue weighted by Gasteiger charge is -2.35. The van der Waals surface area contributed by atoms with Crippen LogP contribution in [0.4, 0.5) is 17.1 Å². The van der Waals surface area contributed by atoms with E-state index >= 15 is 0 Å². The molecule has 70 heavy (non-hydrogen) atoms. The molecule has 13 aromatic rings. The number of fused-ring (bicyclic) bond motifs is 11. The maximum absolute atomic E-state index is 3.88. The number of aromatic nitrogens is 1. The standard InChI is InChI=1S/C67H46N2S/c1-42-18-9-10-23-49(42)57-38-44(33-32-43(57)2)58-41-60-65(54-27-12-11-24-50(54)58)56-37-35-47(39-59(56)67(60,45-19-5-3-6-20-45)46-21-7-4-8-22-46)69(48-34-36-53-52-26-14-16-31-63(52)70-64(53)40-48)62-30-17-28-55-51-25-13-15-29-61(51)68-66(55)62/h3-41,68H,1-2H3. The highest BCUT2D eigenvalue weighted by Gasteiger charge is 2.47. The molecule has 0 unspecified atom stereocenters. The minimum Gasteiger partial charge on any atom is -0.353 e. The Morgan fingerprint density at radius 2 is 1.01 bits per heavy atom. The van der Waals surface area contributed by atoms with Crippen LogP contribution in [0, 0.1) is 13.8 Å². The largest absolute Gasteiger partial charge is 0.353 e. The number of hydrogen-bond donors (Lipinski definition) is 1. The summed E-state index contributed by atoms with van der Waals surface area (Å²) in [4.78, 5) is 6.38. The Morgan fingerprint density at radius 1 is 0.386 bits per heavy atom. The Balaban J connectivity index is 1.07. The van der Waals surface area contributed by atoms with Crippen molar-refractivity contribution in [3.05, 3.63) is 270 Å². The first kappa shape index (κ1) is 40.6. The lowest BCUT2D eigenvalue weighted by Crippen LogP contribution is -2.29. The van der Waals surface area contributed by atoms with Gasteiger partial charge in [-0.1, -0.05) is 182 Å². The maximum Gasteiger partial charge on any atom is 0.0714 e. The number of para-hydroxylation sites is 2. The zero-order valence-corrected chi connectivity index (χ0v) is 39.7. The molecule has 2 heterocycles. The van der Waals surface area contributed by atoms with Gasteiger partial charge in [0.05, 0.1) is 16.6 Å². The van der Waals surface area contributed by atoms with E-state index in [1.54, 1.807) is 0 Å². The number of nitrogens with zero attached hydrogens (tertiary/aromatic N) is 1. The van der Waals surface area contributed by atoms with Crippen molar-refractivity contribution in [2.45, 2.75) is 19.3 Å². The first-order valence-corrected chi connectivity index (χ1v) is 25.1. The summed E-state index contributed by atoms with van der Waals surface area (Å²) in [5.41, 5.74) is 20.0. The molecule has 0 bridgehead atoms. The third-order valence-corrected chi connectivity index (χ3v) is 16.3. The third-order valence-electron chi connectivity index (χ3n) is 15.2. The van der Waals surface area contributed by atoms with Crippen molar-refractivity contribution < 1.29 is 0 Å². The molecule has 14 rings (SSSR count). The van der Waals surface area contributed by atoms with E-state index in [9.17, 15) is 0 Å². The zero-order valence-electron chi connectivity index (χ0n) is 38.9. The van der Waals surface area contributed by atoms with Gasteiger partial charge in [-0.3, -0.25) is 0 Å². The van der Waals surface area contributed by atoms with Gasteiger partial charge in [-0.25, -0.2) is 0 Å². The van der Waals surface area contributed by atoms with Gasteiger partial charge in [-0.05, 0) is 146 Å². The molecule has 330 valence electrons. The second-order valence-corrected chi connectivity index (χ2v) is 20.0. The molecule has 0 amide bonds. The number of anilines is 3. The lowest BCUT2D eigenvalue weighted by atomic mass is 9.67. The Kier molecular flexibility index (Phi) is 9.14. The summed E-state index contributed by atoms with van der Waals surface area (Å²) in [7, 11) is 0. The predicted octanol–water partition coefficient (Wildman–Crippen LogP) is 18.6. The number of benzene rings is 11. The molecule has 1 aliphatic carbocycles. The molecule has 0 spiro atoms. The highest BCUT2D eigenvalue weighted by Crippen LogP contribution is 2.60. The predicted molar refractivity (Wildman–Crippen MR) is 299 cm³/mol. The van der Waals surface area contributed by atoms with Crippen molar-refractivity contribution >= 4 is 81.1 Å². The SMILES string of the molecule is Cc1ccccc1-c1cc(-c2cc3c(c4ccccc24)-c2ccc(N(c4ccc5c(c4)sc4ccccc45)c4cccc5c4[nH]c4ccccc45)cc2C3(c2ccccc2)c2ccccc2)ccc1C. The molecule has 0 saturated heterocycles. The number of rotatable bonds is 7. The first-order chi connectivity index (χ1) is 34.5. The second-order valence-electron chi connectivity index (χ2n) is 18.9. The van der Waals surface area contributed by atoms with Gasteiger partial charge in [0.2, 0.25) is 0 Å². The molecule has 0 fully saturated rings. The summed E-state index contributed by atoms with van der Waals surface area (Å²) in [6, 6.07) is 88.5. The highest BCUT2D eigenvalue weighted by atomic mass is 32.1. The summed E-state index contributed by atoms with van der Waals surface area (Å²) in [6.45, 7) is 4.45. The van der Waals surface area contributed by atoms with Crippen LogP contribution in [-0.4, -0.2) is 4.98 Å². The van der Waals surface area contributed by atoms with E-state index in [1.807, 2.05) is 11.3 Å². The fourth-order valence-corrected chi connectivity index (χ4v) is 13.1. The molecule has 2 aromatic heterocycles. The van der Waals surface area contributed by atoms with Gasteiger partial charge in [0, 0.05) is 47.8 Å². The van der Waals surface area contributed by atoms with Gasteiger partial charge >= 0.3 is 0 Å². The van der Waals surface area contributed by atoms with E-state index in [4.69, 9.17) is 0 Å². The van der Waals surface area contributed by atoms with Crippen molar-refractivity contribution in [2.24, 2.45) is 0 Å². The molecule has 3 heteroatoms. The molecule has 1 N–H and O–H groups in total. The maximum atomic E-state index is 3.88. The molecule has 0 aliphatic heterocycles. The van der Waals surface area contributed by atoms with Crippen LogP contribution in [0.25, 0.3) is 86.1 Å². The molecule has 0 radical (unpaired) electrons. The average Bonchev–Trinajstić information content (AvgIpc) is 4.08. The van der Waals surface area contributed by atoms with Crippen LogP contribution in [0.5, 0.6) is 0 Å². The fraction of sp³-hybridized carbons (Fsp3) is 0.0448. The number of thiophene rings is 1. The van der Waals surface area contributed by atoms with Gasteiger partial charge in [0.25, 0.3) is 0 Å². The number of nitrogens with one attached hydrogen (secondary N) is 1. The average molecular weight is 911 g/mol. The molecule has 1 aliphatic rings. The normalized spacial score (nSPS) is 12.8. The van der Waals surface area contributed by atoms with E-state index in [0.29, 0.717) is 0 Å². The van der Waals surface area contributed by atoms with Crippen LogP contribution in [0.2, 0.25) is 0 Å². The van der Waals surface area contributed by atoms with Crippen molar-refractivity contribution in [1.82, 2.24) is 4.98 Å². The minimum absolute atomic E-state index is 0.667. The van der Waals surface area contributed by atoms with Gasteiger partial charge in [-0.15, -0.1) is 11.3 Å². The van der Waals surface area contributed by atoms with Crippen LogP contribution in [-0.2, 0) is 5.41 Å². The molecule has 2 nitrogen and oxygen atoms in total. The minimum atomic E-state index is -0.667. The van der Waals surface area contributed by atoms with Crippen LogP contribution >= 0.6 is 11.3 Å². The van der Waals surface area contributed by atoms with E-state index in [2.05, 4.69) is 260 Å². The molecule has 0 atom stereocenters. The Hall–Kier alpha value is -8.50. The summed E-state index contributed by atoms with van der Waals surface area (Å²) in [6.07, 6.45) is 0. The molecule has 0 saturated carbocycles. The Labute approximate surface area is 411 Å². The van der Waals surface area contributed by atoms with Gasteiger partial charge in [0.1, 0.15) is 0 Å². The number of aryl methyl sites for hydroxylation is 2. The zero-order chi connectivity index (χ0) is 46.5. The van der Waals surface area contributed by atoms with Gasteiger partial charge < -0.3 is 9.88 Å². The quantitative estimate of drug-likeness (QED) is 0.169. The molecule has 11 aromatic carbocycles. The summed E-state index contributed by atoms with van der Waals surface area (Å²) in [5.74, 6) is 0. The third kappa shape index (κ3) is 5.98. The van der Waals surface area contributed by atoms with E-state index in [1.165, 1.54) is 108 Å². The monoisotopic (exact) mass is 910 g/mol. The van der Waals surface area contributed by atoms with Crippen molar-refractivity contribution in [3.63, 3.8) is 0 Å². The fourth-order valence-electron chi connectivity index (χ4n) is 12.0. The van der Waals surface area contributed by atoms with Crippen molar-refractivity contribution in [1.29, 1.82) is 0 Å². The summed E-state index contributed by atoms with van der Waals surface area (Å²) >= 11 is 1.86. The van der Waals surface area contributed by atoms with Gasteiger partial charge in [-0.2, -0.15) is 0 Å². The second kappa shape index (κ2) is 15.8. The number of hydrogen-bond acceptors (Lipinski definition) is 2. The topological polar surface area (TPSA) is 19.0 Å². The first-order valence-electron chi connectivity index (χ1n) is 24.2. The Bertz CT molecular complexity index is 4180. The van der Waals surface area contributed by atoms with Crippen molar-refractivity contribution in [3.8, 4) is 33.4 Å². The van der Waals surface area contributed by atoms with E-state index < -0.39 is 5.41 Å². The van der Waals surface area contributed by atoms with Crippen molar-refractivity contribution in [2.75, 3.05) is 4.90 Å². The van der Waals surface area contributed by atoms with Crippen LogP contribution in [0.3, 0.4) is 0 Å². The van der Waals surface area contributed by atoms with Crippen LogP contribution in [0.15, 0.2) is 237 Å². The highest BCUT2D eigenvalue weighted by molar-refractivity contribution is 7.25. The van der Waals surface area contributed by atoms with E-state index in [-0.39, 0.29) is 0 Å². The molecular weight excluding hydrogens is 865 g/mol. The summed E-state index contributed by atoms with van der Waals surface area (Å²) in [5, 5.41) is 7.51. The molecular formula is C67H46N2S. The van der Waals surface area contributed by atoms with Crippen LogP contribution in [0.1, 0.15) is 33.4 Å². The van der Waals surface area contributed by atoms with Gasteiger partial charge in [0.15, 0.2) is 0 Å². The lowest BCUT2D eigenvalue weighted by molar-refractivity contribution is 0.769. The summed E-state index contributed by atoms with van der Waals surface area (Å²) < 4.78 is 2.57. The number of aromatic amines is 1. The smallest absolute Gasteiger partial charge is 0.0714 e. The van der Waals surface area contributed by atoms with Crippen LogP contribution < -0.4 is 4.90 Å². The number of H-pyrrole nitrogens is 1. The Morgan fingerprint density at radius 3 is 1.81 bits per heavy atom. The van der Waals surface area contributed by atoms with E-state index in [0.717, 1.165) is 28.1 Å².